The SMILES string of the molecule is Cc1c(F)ccc(Cl)c1OCF. The second-order valence-electron chi connectivity index (χ2n) is 2.24. The molecule has 0 radical (unpaired) electrons. The van der Waals surface area contributed by atoms with E-state index in [1.54, 1.807) is 0 Å². The predicted molar refractivity (Wildman–Crippen MR) is 42.8 cm³/mol. The molecular formula is C8H7ClF2O. The van der Waals surface area contributed by atoms with Crippen LogP contribution in [0.15, 0.2) is 12.1 Å². The van der Waals surface area contributed by atoms with Crippen LogP contribution in [0.25, 0.3) is 0 Å². The normalized spacial score (nSPS) is 10.0. The molecule has 0 aromatic heterocycles. The highest BCUT2D eigenvalue weighted by Gasteiger charge is 2.09. The first-order valence-electron chi connectivity index (χ1n) is 3.30. The number of rotatable bonds is 2. The van der Waals surface area contributed by atoms with Crippen LogP contribution in [-0.4, -0.2) is 6.86 Å². The van der Waals surface area contributed by atoms with Gasteiger partial charge in [0.05, 0.1) is 5.02 Å². The Morgan fingerprint density at radius 2 is 2.17 bits per heavy atom. The smallest absolute Gasteiger partial charge is 0.228 e. The maximum Gasteiger partial charge on any atom is 0.228 e. The fourth-order valence-corrected chi connectivity index (χ4v) is 1.13. The number of hydrogen-bond donors (Lipinski definition) is 0. The van der Waals surface area contributed by atoms with Crippen LogP contribution in [-0.2, 0) is 0 Å². The van der Waals surface area contributed by atoms with E-state index in [2.05, 4.69) is 4.74 Å². The zero-order valence-corrected chi connectivity index (χ0v) is 7.16. The summed E-state index contributed by atoms with van der Waals surface area (Å²) in [4.78, 5) is 0. The highest BCUT2D eigenvalue weighted by Crippen LogP contribution is 2.29. The van der Waals surface area contributed by atoms with Crippen molar-refractivity contribution in [3.05, 3.63) is 28.5 Å². The zero-order valence-electron chi connectivity index (χ0n) is 6.40. The molecule has 0 aliphatic rings. The van der Waals surface area contributed by atoms with Crippen LogP contribution >= 0.6 is 11.6 Å². The summed E-state index contributed by atoms with van der Waals surface area (Å²) in [6, 6.07) is 2.54. The molecule has 0 unspecified atom stereocenters. The zero-order chi connectivity index (χ0) is 9.14. The van der Waals surface area contributed by atoms with E-state index in [4.69, 9.17) is 11.6 Å². The second-order valence-corrected chi connectivity index (χ2v) is 2.64. The largest absolute Gasteiger partial charge is 0.461 e. The molecule has 0 fully saturated rings. The lowest BCUT2D eigenvalue weighted by Gasteiger charge is -2.07. The van der Waals surface area contributed by atoms with E-state index < -0.39 is 12.7 Å². The van der Waals surface area contributed by atoms with Crippen molar-refractivity contribution in [2.24, 2.45) is 0 Å². The van der Waals surface area contributed by atoms with Crippen LogP contribution in [0.5, 0.6) is 5.75 Å². The monoisotopic (exact) mass is 192 g/mol. The standard InChI is InChI=1S/C8H7ClF2O/c1-5-7(11)3-2-6(9)8(5)12-4-10/h2-3H,4H2,1H3. The van der Waals surface area contributed by atoms with Crippen molar-refractivity contribution in [3.63, 3.8) is 0 Å². The van der Waals surface area contributed by atoms with Crippen molar-refractivity contribution in [2.75, 3.05) is 6.86 Å². The summed E-state index contributed by atoms with van der Waals surface area (Å²) >= 11 is 5.62. The van der Waals surface area contributed by atoms with Crippen LogP contribution < -0.4 is 4.74 Å². The lowest BCUT2D eigenvalue weighted by Crippen LogP contribution is -1.95. The number of ether oxygens (including phenoxy) is 1. The third kappa shape index (κ3) is 1.67. The van der Waals surface area contributed by atoms with Gasteiger partial charge < -0.3 is 4.74 Å². The molecule has 0 spiro atoms. The van der Waals surface area contributed by atoms with Gasteiger partial charge in [0.1, 0.15) is 11.6 Å². The average Bonchev–Trinajstić information content (AvgIpc) is 2.06. The Balaban J connectivity index is 3.14. The third-order valence-electron chi connectivity index (χ3n) is 1.49. The Labute approximate surface area is 73.9 Å². The molecule has 1 aromatic rings. The van der Waals surface area contributed by atoms with Crippen molar-refractivity contribution in [1.82, 2.24) is 0 Å². The summed E-state index contributed by atoms with van der Waals surface area (Å²) in [5.74, 6) is -0.387. The Bertz CT molecular complexity index is 289. The van der Waals surface area contributed by atoms with Gasteiger partial charge in [-0.3, -0.25) is 0 Å². The van der Waals surface area contributed by atoms with E-state index in [1.807, 2.05) is 0 Å². The van der Waals surface area contributed by atoms with Crippen LogP contribution in [0.1, 0.15) is 5.56 Å². The first kappa shape index (κ1) is 9.26. The summed E-state index contributed by atoms with van der Waals surface area (Å²) in [7, 11) is 0. The van der Waals surface area contributed by atoms with Crippen molar-refractivity contribution in [1.29, 1.82) is 0 Å². The molecule has 0 atom stereocenters. The molecule has 0 saturated heterocycles. The van der Waals surface area contributed by atoms with Crippen molar-refractivity contribution in [2.45, 2.75) is 6.92 Å². The molecule has 4 heteroatoms. The minimum absolute atomic E-state index is 0.0687. The van der Waals surface area contributed by atoms with Gasteiger partial charge in [-0.15, -0.1) is 0 Å². The van der Waals surface area contributed by atoms with Gasteiger partial charge in [-0.05, 0) is 19.1 Å². The second kappa shape index (κ2) is 3.72. The highest BCUT2D eigenvalue weighted by atomic mass is 35.5. The van der Waals surface area contributed by atoms with Crippen molar-refractivity contribution >= 4 is 11.6 Å². The van der Waals surface area contributed by atoms with Crippen molar-refractivity contribution < 1.29 is 13.5 Å². The van der Waals surface area contributed by atoms with E-state index in [9.17, 15) is 8.78 Å². The van der Waals surface area contributed by atoms with Gasteiger partial charge in [0.15, 0.2) is 0 Å². The Morgan fingerprint density at radius 1 is 1.50 bits per heavy atom. The molecular weight excluding hydrogens is 186 g/mol. The molecule has 0 aliphatic carbocycles. The van der Waals surface area contributed by atoms with Crippen LogP contribution in [0.2, 0.25) is 5.02 Å². The minimum Gasteiger partial charge on any atom is -0.461 e. The van der Waals surface area contributed by atoms with Gasteiger partial charge in [-0.2, -0.15) is 0 Å². The lowest BCUT2D eigenvalue weighted by atomic mass is 10.2. The molecule has 12 heavy (non-hydrogen) atoms. The van der Waals surface area contributed by atoms with Gasteiger partial charge in [0, 0.05) is 5.56 Å². The Morgan fingerprint density at radius 3 is 2.75 bits per heavy atom. The van der Waals surface area contributed by atoms with E-state index in [0.29, 0.717) is 0 Å². The number of halogens is 3. The summed E-state index contributed by atoms with van der Waals surface area (Å²) in [5, 5.41) is 0.214. The van der Waals surface area contributed by atoms with E-state index in [1.165, 1.54) is 19.1 Å². The molecule has 0 heterocycles. The first-order chi connectivity index (χ1) is 5.66. The summed E-state index contributed by atoms with van der Waals surface area (Å²) in [6.07, 6.45) is 0. The first-order valence-corrected chi connectivity index (χ1v) is 3.68. The molecule has 0 aliphatic heterocycles. The minimum atomic E-state index is -1.01. The molecule has 0 saturated carbocycles. The predicted octanol–water partition coefficient (Wildman–Crippen LogP) is 3.09. The Hall–Kier alpha value is -0.830. The van der Waals surface area contributed by atoms with Crippen LogP contribution in [0.3, 0.4) is 0 Å². The quantitative estimate of drug-likeness (QED) is 0.700. The van der Waals surface area contributed by atoms with Gasteiger partial charge in [-0.1, -0.05) is 11.6 Å². The van der Waals surface area contributed by atoms with Gasteiger partial charge in [0.25, 0.3) is 0 Å². The maximum atomic E-state index is 12.8. The number of alkyl halides is 1. The summed E-state index contributed by atoms with van der Waals surface area (Å²) in [5.41, 5.74) is 0.222. The molecule has 1 aromatic carbocycles. The highest BCUT2D eigenvalue weighted by molar-refractivity contribution is 6.32. The number of benzene rings is 1. The summed E-state index contributed by atoms with van der Waals surface area (Å²) in [6.45, 7) is 0.468. The van der Waals surface area contributed by atoms with E-state index in [-0.39, 0.29) is 16.3 Å². The molecule has 1 rings (SSSR count). The van der Waals surface area contributed by atoms with Crippen LogP contribution in [0.4, 0.5) is 8.78 Å². The van der Waals surface area contributed by atoms with Gasteiger partial charge >= 0.3 is 0 Å². The average molecular weight is 193 g/mol. The molecule has 66 valence electrons. The van der Waals surface area contributed by atoms with Gasteiger partial charge in [-0.25, -0.2) is 8.78 Å². The van der Waals surface area contributed by atoms with Crippen molar-refractivity contribution in [3.8, 4) is 5.75 Å². The fraction of sp³-hybridized carbons (Fsp3) is 0.250. The fourth-order valence-electron chi connectivity index (χ4n) is 0.866. The van der Waals surface area contributed by atoms with Crippen LogP contribution in [0, 0.1) is 12.7 Å². The Kier molecular flexibility index (Phi) is 2.87. The van der Waals surface area contributed by atoms with E-state index >= 15 is 0 Å². The third-order valence-corrected chi connectivity index (χ3v) is 1.79. The lowest BCUT2D eigenvalue weighted by molar-refractivity contribution is 0.190. The van der Waals surface area contributed by atoms with E-state index in [0.717, 1.165) is 0 Å². The molecule has 0 amide bonds. The number of hydrogen-bond acceptors (Lipinski definition) is 1. The summed E-state index contributed by atoms with van der Waals surface area (Å²) < 4.78 is 29.1. The topological polar surface area (TPSA) is 9.23 Å². The molecule has 0 N–H and O–H groups in total. The maximum absolute atomic E-state index is 12.8. The molecule has 0 bridgehead atoms. The molecule has 1 nitrogen and oxygen atoms in total. The van der Waals surface area contributed by atoms with Gasteiger partial charge in [0.2, 0.25) is 6.86 Å².